The quantitative estimate of drug-likeness (QED) is 0.640. The number of nitrogens with one attached hydrogen (secondary N) is 1. The maximum Gasteiger partial charge on any atom is 0.418 e. The maximum atomic E-state index is 13.1. The van der Waals surface area contributed by atoms with Crippen molar-refractivity contribution in [2.24, 2.45) is 0 Å². The number of nitrogens with zero attached hydrogens (tertiary/aromatic N) is 3. The molecule has 0 unspecified atom stereocenters. The Morgan fingerprint density at radius 1 is 1.10 bits per heavy atom. The van der Waals surface area contributed by atoms with Crippen LogP contribution in [0.15, 0.2) is 61.1 Å². The molecule has 0 radical (unpaired) electrons. The van der Waals surface area contributed by atoms with Gasteiger partial charge in [-0.25, -0.2) is 9.37 Å². The van der Waals surface area contributed by atoms with Crippen molar-refractivity contribution < 1.29 is 27.2 Å². The molecule has 2 amide bonds. The molecule has 0 aliphatic heterocycles. The van der Waals surface area contributed by atoms with E-state index in [1.165, 1.54) is 60.5 Å². The third-order valence-electron chi connectivity index (χ3n) is 4.20. The highest BCUT2D eigenvalue weighted by molar-refractivity contribution is 5.99. The Labute approximate surface area is 168 Å². The summed E-state index contributed by atoms with van der Waals surface area (Å²) in [6, 6.07) is 9.91. The number of rotatable bonds is 5. The number of para-hydroxylation sites is 1. The summed E-state index contributed by atoms with van der Waals surface area (Å²) in [7, 11) is 1.33. The average molecular weight is 420 g/mol. The number of hydrogen-bond acceptors (Lipinski definition) is 3. The number of anilines is 1. The Morgan fingerprint density at radius 3 is 2.43 bits per heavy atom. The minimum atomic E-state index is -4.63. The van der Waals surface area contributed by atoms with Crippen LogP contribution in [0, 0.1) is 5.82 Å². The lowest BCUT2D eigenvalue weighted by atomic mass is 10.1. The molecule has 1 heterocycles. The molecule has 0 saturated heterocycles. The number of alkyl halides is 3. The summed E-state index contributed by atoms with van der Waals surface area (Å²) in [5, 5.41) is 2.18. The van der Waals surface area contributed by atoms with Gasteiger partial charge >= 0.3 is 6.18 Å². The first-order chi connectivity index (χ1) is 14.2. The highest BCUT2D eigenvalue weighted by Crippen LogP contribution is 2.34. The number of carbonyl (C=O) groups excluding carboxylic acids is 2. The molecule has 1 N–H and O–H groups in total. The molecule has 0 spiro atoms. The smallest absolute Gasteiger partial charge is 0.331 e. The first kappa shape index (κ1) is 21.0. The van der Waals surface area contributed by atoms with Gasteiger partial charge in [-0.05, 0) is 36.4 Å². The standard InChI is InChI=1S/C20H16F4N4O2/c1-27(11-18(29)26-16-5-3-2-4-15(16)20(22,23)24)19(30)17-10-25-12-28(17)14-8-6-13(21)7-9-14/h2-10,12H,11H2,1H3,(H,26,29). The SMILES string of the molecule is CN(CC(=O)Nc1ccccc1C(F)(F)F)C(=O)c1cncn1-c1ccc(F)cc1. The normalized spacial score (nSPS) is 11.2. The summed E-state index contributed by atoms with van der Waals surface area (Å²) >= 11 is 0. The van der Waals surface area contributed by atoms with Gasteiger partial charge in [0.1, 0.15) is 11.5 Å². The van der Waals surface area contributed by atoms with Gasteiger partial charge in [0.25, 0.3) is 5.91 Å². The molecule has 0 fully saturated rings. The first-order valence-corrected chi connectivity index (χ1v) is 8.66. The van der Waals surface area contributed by atoms with Crippen LogP contribution in [0.4, 0.5) is 23.2 Å². The van der Waals surface area contributed by atoms with Gasteiger partial charge in [-0.1, -0.05) is 12.1 Å². The minimum Gasteiger partial charge on any atom is -0.331 e. The Kier molecular flexibility index (Phi) is 5.86. The number of amides is 2. The van der Waals surface area contributed by atoms with E-state index in [2.05, 4.69) is 10.3 Å². The second-order valence-corrected chi connectivity index (χ2v) is 6.38. The molecule has 0 aliphatic rings. The van der Waals surface area contributed by atoms with Gasteiger partial charge in [0, 0.05) is 12.7 Å². The topological polar surface area (TPSA) is 67.2 Å². The zero-order valence-corrected chi connectivity index (χ0v) is 15.7. The summed E-state index contributed by atoms with van der Waals surface area (Å²) in [6.07, 6.45) is -2.00. The van der Waals surface area contributed by atoms with Crippen molar-refractivity contribution in [1.29, 1.82) is 0 Å². The third-order valence-corrected chi connectivity index (χ3v) is 4.20. The van der Waals surface area contributed by atoms with E-state index in [0.717, 1.165) is 17.0 Å². The lowest BCUT2D eigenvalue weighted by Crippen LogP contribution is -2.36. The van der Waals surface area contributed by atoms with Crippen molar-refractivity contribution in [2.75, 3.05) is 18.9 Å². The lowest BCUT2D eigenvalue weighted by molar-refractivity contribution is -0.137. The highest BCUT2D eigenvalue weighted by Gasteiger charge is 2.33. The first-order valence-electron chi connectivity index (χ1n) is 8.66. The largest absolute Gasteiger partial charge is 0.418 e. The Morgan fingerprint density at radius 2 is 1.77 bits per heavy atom. The van der Waals surface area contributed by atoms with E-state index in [1.807, 2.05) is 0 Å². The second kappa shape index (κ2) is 8.36. The Hall–Kier alpha value is -3.69. The van der Waals surface area contributed by atoms with Crippen molar-refractivity contribution in [3.63, 3.8) is 0 Å². The van der Waals surface area contributed by atoms with Crippen LogP contribution in [0.2, 0.25) is 0 Å². The van der Waals surface area contributed by atoms with Crippen molar-refractivity contribution >= 4 is 17.5 Å². The van der Waals surface area contributed by atoms with E-state index in [-0.39, 0.29) is 5.69 Å². The molecular formula is C20H16F4N4O2. The van der Waals surface area contributed by atoms with Crippen molar-refractivity contribution in [3.8, 4) is 5.69 Å². The monoisotopic (exact) mass is 420 g/mol. The number of halogens is 4. The predicted molar refractivity (Wildman–Crippen MR) is 101 cm³/mol. The summed E-state index contributed by atoms with van der Waals surface area (Å²) in [5.74, 6) is -1.83. The summed E-state index contributed by atoms with van der Waals surface area (Å²) in [6.45, 7) is -0.486. The molecule has 156 valence electrons. The fourth-order valence-electron chi connectivity index (χ4n) is 2.77. The average Bonchev–Trinajstić information content (AvgIpc) is 3.17. The van der Waals surface area contributed by atoms with Gasteiger partial charge in [-0.3, -0.25) is 14.2 Å². The number of aromatic nitrogens is 2. The Balaban J connectivity index is 1.72. The summed E-state index contributed by atoms with van der Waals surface area (Å²) < 4.78 is 53.7. The highest BCUT2D eigenvalue weighted by atomic mass is 19.4. The van der Waals surface area contributed by atoms with E-state index in [4.69, 9.17) is 0 Å². The van der Waals surface area contributed by atoms with E-state index in [0.29, 0.717) is 5.69 Å². The number of carbonyl (C=O) groups is 2. The van der Waals surface area contributed by atoms with Crippen LogP contribution in [-0.2, 0) is 11.0 Å². The molecule has 0 aliphatic carbocycles. The molecule has 2 aromatic carbocycles. The number of benzene rings is 2. The van der Waals surface area contributed by atoms with Crippen LogP contribution in [-0.4, -0.2) is 39.9 Å². The molecule has 1 aromatic heterocycles. The van der Waals surface area contributed by atoms with E-state index >= 15 is 0 Å². The van der Waals surface area contributed by atoms with Crippen LogP contribution >= 0.6 is 0 Å². The van der Waals surface area contributed by atoms with E-state index in [9.17, 15) is 27.2 Å². The molecule has 30 heavy (non-hydrogen) atoms. The van der Waals surface area contributed by atoms with Gasteiger partial charge in [-0.2, -0.15) is 13.2 Å². The summed E-state index contributed by atoms with van der Waals surface area (Å²) in [5.41, 5.74) is -0.796. The van der Waals surface area contributed by atoms with Gasteiger partial charge in [0.05, 0.1) is 30.3 Å². The fourth-order valence-corrected chi connectivity index (χ4v) is 2.77. The minimum absolute atomic E-state index is 0.104. The fraction of sp³-hybridized carbons (Fsp3) is 0.150. The molecule has 0 saturated carbocycles. The van der Waals surface area contributed by atoms with Gasteiger partial charge in [0.15, 0.2) is 0 Å². The molecule has 3 rings (SSSR count). The Bertz CT molecular complexity index is 1060. The van der Waals surface area contributed by atoms with Gasteiger partial charge < -0.3 is 10.2 Å². The number of likely N-dealkylation sites (N-methyl/N-ethyl adjacent to an activating group) is 1. The van der Waals surface area contributed by atoms with Gasteiger partial charge in [-0.15, -0.1) is 0 Å². The van der Waals surface area contributed by atoms with Crippen LogP contribution < -0.4 is 5.32 Å². The van der Waals surface area contributed by atoms with Crippen molar-refractivity contribution in [1.82, 2.24) is 14.5 Å². The van der Waals surface area contributed by atoms with Crippen molar-refractivity contribution in [2.45, 2.75) is 6.18 Å². The molecular weight excluding hydrogens is 404 g/mol. The van der Waals surface area contributed by atoms with E-state index in [1.54, 1.807) is 0 Å². The lowest BCUT2D eigenvalue weighted by Gasteiger charge is -2.19. The molecule has 3 aromatic rings. The molecule has 6 nitrogen and oxygen atoms in total. The van der Waals surface area contributed by atoms with Crippen LogP contribution in [0.1, 0.15) is 16.1 Å². The van der Waals surface area contributed by atoms with Crippen molar-refractivity contribution in [3.05, 3.63) is 78.1 Å². The number of hydrogen-bond donors (Lipinski definition) is 1. The zero-order valence-electron chi connectivity index (χ0n) is 15.7. The van der Waals surface area contributed by atoms with Gasteiger partial charge in [0.2, 0.25) is 5.91 Å². The molecule has 10 heteroatoms. The predicted octanol–water partition coefficient (Wildman–Crippen LogP) is 3.74. The second-order valence-electron chi connectivity index (χ2n) is 6.38. The zero-order chi connectivity index (χ0) is 21.9. The van der Waals surface area contributed by atoms with Crippen LogP contribution in [0.25, 0.3) is 5.69 Å². The summed E-state index contributed by atoms with van der Waals surface area (Å²) in [4.78, 5) is 29.9. The maximum absolute atomic E-state index is 13.1. The van der Waals surface area contributed by atoms with Crippen LogP contribution in [0.5, 0.6) is 0 Å². The molecule has 0 atom stereocenters. The van der Waals surface area contributed by atoms with E-state index < -0.39 is 41.6 Å². The third kappa shape index (κ3) is 4.65. The van der Waals surface area contributed by atoms with Crippen LogP contribution in [0.3, 0.4) is 0 Å². The number of imidazole rings is 1. The molecule has 0 bridgehead atoms.